The number of pyridine rings is 1. The number of furan rings is 1. The Morgan fingerprint density at radius 3 is 2.50 bits per heavy atom. The summed E-state index contributed by atoms with van der Waals surface area (Å²) in [6.07, 6.45) is 1.74. The van der Waals surface area contributed by atoms with Gasteiger partial charge < -0.3 is 15.1 Å². The number of anilines is 1. The maximum absolute atomic E-state index is 12.6. The summed E-state index contributed by atoms with van der Waals surface area (Å²) in [6, 6.07) is 6.40. The highest BCUT2D eigenvalue weighted by molar-refractivity contribution is 7.89. The molecule has 1 fully saturated rings. The molecule has 0 saturated carbocycles. The molecule has 0 unspecified atom stereocenters. The zero-order valence-corrected chi connectivity index (χ0v) is 14.0. The number of carbonyl (C=O) groups is 1. The number of rotatable bonds is 4. The molecule has 2 aromatic rings. The molecule has 0 spiro atoms. The molecular formula is C15H18N4O4S. The van der Waals surface area contributed by atoms with Gasteiger partial charge in [-0.3, -0.25) is 4.79 Å². The number of sulfonamides is 1. The molecule has 8 nitrogen and oxygen atoms in total. The van der Waals surface area contributed by atoms with Gasteiger partial charge in [0, 0.05) is 32.4 Å². The van der Waals surface area contributed by atoms with Gasteiger partial charge in [-0.1, -0.05) is 0 Å². The van der Waals surface area contributed by atoms with Crippen LogP contribution in [-0.4, -0.2) is 49.8 Å². The number of aromatic nitrogens is 1. The lowest BCUT2D eigenvalue weighted by Gasteiger charge is -2.34. The largest absolute Gasteiger partial charge is 0.438 e. The minimum atomic E-state index is -3.78. The second kappa shape index (κ2) is 6.25. The van der Waals surface area contributed by atoms with Gasteiger partial charge in [0.2, 0.25) is 5.09 Å². The first-order valence-electron chi connectivity index (χ1n) is 7.45. The second-order valence-electron chi connectivity index (χ2n) is 5.57. The summed E-state index contributed by atoms with van der Waals surface area (Å²) in [5.41, 5.74) is 6.19. The van der Waals surface area contributed by atoms with Crippen LogP contribution >= 0.6 is 0 Å². The quantitative estimate of drug-likeness (QED) is 0.864. The number of aryl methyl sites for hydroxylation is 1. The number of hydrogen-bond donors (Lipinski definition) is 1. The van der Waals surface area contributed by atoms with E-state index in [2.05, 4.69) is 4.98 Å². The van der Waals surface area contributed by atoms with Crippen molar-refractivity contribution in [3.05, 3.63) is 41.8 Å². The van der Waals surface area contributed by atoms with Crippen LogP contribution in [0.4, 0.5) is 5.82 Å². The lowest BCUT2D eigenvalue weighted by molar-refractivity contribution is 0.0968. The first-order valence-corrected chi connectivity index (χ1v) is 8.89. The minimum absolute atomic E-state index is 0.170. The van der Waals surface area contributed by atoms with Crippen molar-refractivity contribution in [2.45, 2.75) is 12.0 Å². The minimum Gasteiger partial charge on any atom is -0.438 e. The van der Waals surface area contributed by atoms with E-state index >= 15 is 0 Å². The van der Waals surface area contributed by atoms with Crippen LogP contribution in [0.15, 0.2) is 40.0 Å². The first-order chi connectivity index (χ1) is 11.4. The van der Waals surface area contributed by atoms with E-state index in [1.807, 2.05) is 24.0 Å². The molecule has 128 valence electrons. The van der Waals surface area contributed by atoms with E-state index in [4.69, 9.17) is 10.2 Å². The van der Waals surface area contributed by atoms with Gasteiger partial charge in [-0.05, 0) is 36.8 Å². The maximum atomic E-state index is 12.6. The number of primary amides is 1. The molecule has 0 bridgehead atoms. The molecule has 3 rings (SSSR count). The topological polar surface area (TPSA) is 110 Å². The summed E-state index contributed by atoms with van der Waals surface area (Å²) >= 11 is 0. The highest BCUT2D eigenvalue weighted by Crippen LogP contribution is 2.22. The Morgan fingerprint density at radius 2 is 1.92 bits per heavy atom. The fraction of sp³-hybridized carbons (Fsp3) is 0.333. The van der Waals surface area contributed by atoms with Gasteiger partial charge in [-0.2, -0.15) is 4.31 Å². The Hall–Kier alpha value is -2.39. The maximum Gasteiger partial charge on any atom is 0.284 e. The Bertz CT molecular complexity index is 854. The van der Waals surface area contributed by atoms with Crippen LogP contribution in [0.3, 0.4) is 0 Å². The van der Waals surface area contributed by atoms with Crippen molar-refractivity contribution in [2.24, 2.45) is 5.73 Å². The van der Waals surface area contributed by atoms with Crippen LogP contribution in [0.1, 0.15) is 16.1 Å². The number of nitrogens with zero attached hydrogens (tertiary/aromatic N) is 3. The monoisotopic (exact) mass is 350 g/mol. The summed E-state index contributed by atoms with van der Waals surface area (Å²) in [4.78, 5) is 17.4. The average molecular weight is 350 g/mol. The zero-order valence-electron chi connectivity index (χ0n) is 13.2. The number of amides is 1. The number of hydrogen-bond acceptors (Lipinski definition) is 6. The van der Waals surface area contributed by atoms with E-state index in [1.165, 1.54) is 16.4 Å². The summed E-state index contributed by atoms with van der Waals surface area (Å²) in [7, 11) is -3.78. The van der Waals surface area contributed by atoms with Gasteiger partial charge in [-0.15, -0.1) is 0 Å². The van der Waals surface area contributed by atoms with Crippen LogP contribution in [0.2, 0.25) is 0 Å². The molecule has 2 aromatic heterocycles. The van der Waals surface area contributed by atoms with Crippen molar-refractivity contribution in [2.75, 3.05) is 31.1 Å². The van der Waals surface area contributed by atoms with E-state index in [9.17, 15) is 13.2 Å². The predicted molar refractivity (Wildman–Crippen MR) is 87.2 cm³/mol. The third kappa shape index (κ3) is 3.13. The second-order valence-corrected chi connectivity index (χ2v) is 7.43. The fourth-order valence-corrected chi connectivity index (χ4v) is 3.90. The molecule has 0 atom stereocenters. The van der Waals surface area contributed by atoms with Crippen LogP contribution in [0.5, 0.6) is 0 Å². The van der Waals surface area contributed by atoms with E-state index in [0.29, 0.717) is 26.2 Å². The van der Waals surface area contributed by atoms with Gasteiger partial charge in [-0.25, -0.2) is 13.4 Å². The van der Waals surface area contributed by atoms with Crippen LogP contribution < -0.4 is 10.6 Å². The highest BCUT2D eigenvalue weighted by atomic mass is 32.2. The number of carbonyl (C=O) groups excluding carboxylic acids is 1. The van der Waals surface area contributed by atoms with Crippen molar-refractivity contribution < 1.29 is 17.6 Å². The summed E-state index contributed by atoms with van der Waals surface area (Å²) in [6.45, 7) is 3.66. The Labute approximate surface area is 139 Å². The van der Waals surface area contributed by atoms with Crippen molar-refractivity contribution in [1.29, 1.82) is 0 Å². The third-order valence-electron chi connectivity index (χ3n) is 3.88. The van der Waals surface area contributed by atoms with Gasteiger partial charge >= 0.3 is 0 Å². The van der Waals surface area contributed by atoms with E-state index in [-0.39, 0.29) is 10.9 Å². The third-order valence-corrected chi connectivity index (χ3v) is 5.65. The van der Waals surface area contributed by atoms with E-state index < -0.39 is 15.9 Å². The zero-order chi connectivity index (χ0) is 17.3. The lowest BCUT2D eigenvalue weighted by atomic mass is 10.2. The van der Waals surface area contributed by atoms with Gasteiger partial charge in [0.05, 0.1) is 0 Å². The van der Waals surface area contributed by atoms with Gasteiger partial charge in [0.25, 0.3) is 15.9 Å². The Morgan fingerprint density at radius 1 is 1.21 bits per heavy atom. The van der Waals surface area contributed by atoms with Crippen molar-refractivity contribution in [1.82, 2.24) is 9.29 Å². The predicted octanol–water partition coefficient (Wildman–Crippen LogP) is 0.593. The number of piperazine rings is 1. The lowest BCUT2D eigenvalue weighted by Crippen LogP contribution is -2.48. The first kappa shape index (κ1) is 16.5. The summed E-state index contributed by atoms with van der Waals surface area (Å²) in [5, 5.41) is -0.265. The molecular weight excluding hydrogens is 332 g/mol. The smallest absolute Gasteiger partial charge is 0.284 e. The molecule has 0 radical (unpaired) electrons. The molecule has 1 aliphatic rings. The molecule has 9 heteroatoms. The molecule has 3 heterocycles. The molecule has 0 aromatic carbocycles. The van der Waals surface area contributed by atoms with Gasteiger partial charge in [0.1, 0.15) is 5.82 Å². The fourth-order valence-electron chi connectivity index (χ4n) is 2.57. The van der Waals surface area contributed by atoms with Gasteiger partial charge in [0.15, 0.2) is 5.76 Å². The Balaban J connectivity index is 1.72. The molecule has 1 amide bonds. The van der Waals surface area contributed by atoms with Crippen LogP contribution in [-0.2, 0) is 10.0 Å². The molecule has 1 aliphatic heterocycles. The SMILES string of the molecule is Cc1ccnc(N2CCN(S(=O)(=O)c3ccc(C(N)=O)o3)CC2)c1. The standard InChI is InChI=1S/C15H18N4O4S/c1-11-4-5-17-13(10-11)18-6-8-19(9-7-18)24(21,22)14-3-2-12(23-14)15(16)20/h2-5,10H,6-9H2,1H3,(H2,16,20). The highest BCUT2D eigenvalue weighted by Gasteiger charge is 2.31. The van der Waals surface area contributed by atoms with Crippen molar-refractivity contribution in [3.8, 4) is 0 Å². The van der Waals surface area contributed by atoms with Crippen molar-refractivity contribution >= 4 is 21.7 Å². The van der Waals surface area contributed by atoms with Crippen LogP contribution in [0.25, 0.3) is 0 Å². The summed E-state index contributed by atoms with van der Waals surface area (Å²) in [5.74, 6) is -0.135. The summed E-state index contributed by atoms with van der Waals surface area (Å²) < 4.78 is 31.5. The van der Waals surface area contributed by atoms with Crippen LogP contribution in [0, 0.1) is 6.92 Å². The normalized spacial score (nSPS) is 16.3. The van der Waals surface area contributed by atoms with E-state index in [1.54, 1.807) is 6.20 Å². The molecule has 0 aliphatic carbocycles. The van der Waals surface area contributed by atoms with E-state index in [0.717, 1.165) is 11.4 Å². The Kier molecular flexibility index (Phi) is 4.29. The number of nitrogens with two attached hydrogens (primary N) is 1. The molecule has 2 N–H and O–H groups in total. The average Bonchev–Trinajstić information content (AvgIpc) is 3.06. The molecule has 24 heavy (non-hydrogen) atoms. The molecule has 1 saturated heterocycles. The van der Waals surface area contributed by atoms with Crippen molar-refractivity contribution in [3.63, 3.8) is 0 Å².